The Morgan fingerprint density at radius 3 is 2.09 bits per heavy atom. The summed E-state index contributed by atoms with van der Waals surface area (Å²) in [7, 11) is 1.17. The summed E-state index contributed by atoms with van der Waals surface area (Å²) in [6.45, 7) is -0.469. The quantitative estimate of drug-likeness (QED) is 0.533. The summed E-state index contributed by atoms with van der Waals surface area (Å²) in [5, 5.41) is 0. The Bertz CT molecular complexity index is 939. The molecule has 1 saturated heterocycles. The molecule has 0 radical (unpaired) electrons. The van der Waals surface area contributed by atoms with Crippen LogP contribution < -0.4 is 14.2 Å². The van der Waals surface area contributed by atoms with Gasteiger partial charge in [0, 0.05) is 24.2 Å². The molecule has 1 unspecified atom stereocenters. The number of methoxy groups -OCH3 is 3. The predicted molar refractivity (Wildman–Crippen MR) is 117 cm³/mol. The van der Waals surface area contributed by atoms with Gasteiger partial charge < -0.3 is 23.8 Å². The molecule has 1 aromatic rings. The average Bonchev–Trinajstić information content (AvgIpc) is 3.16. The summed E-state index contributed by atoms with van der Waals surface area (Å²) >= 11 is 0. The van der Waals surface area contributed by atoms with Gasteiger partial charge in [-0.05, 0) is 19.3 Å². The van der Waals surface area contributed by atoms with Gasteiger partial charge in [-0.2, -0.15) is 0 Å². The monoisotopic (exact) mass is 469 g/mol. The van der Waals surface area contributed by atoms with Gasteiger partial charge in [0.25, 0.3) is 5.91 Å². The zero-order valence-electron chi connectivity index (χ0n) is 18.8. The molecule has 1 aromatic carbocycles. The van der Waals surface area contributed by atoms with E-state index in [0.717, 1.165) is 32.1 Å². The maximum atomic E-state index is 13.1. The fraction of sp³-hybridized carbons (Fsp3) is 0.636. The van der Waals surface area contributed by atoms with Gasteiger partial charge in [0.15, 0.2) is 27.9 Å². The third-order valence-electron chi connectivity index (χ3n) is 6.11. The highest BCUT2D eigenvalue weighted by Crippen LogP contribution is 2.35. The zero-order chi connectivity index (χ0) is 23.3. The van der Waals surface area contributed by atoms with Gasteiger partial charge in [0.2, 0.25) is 0 Å². The molecule has 0 N–H and O–H groups in total. The van der Waals surface area contributed by atoms with Crippen molar-refractivity contribution in [2.24, 2.45) is 0 Å². The first kappa shape index (κ1) is 24.2. The summed E-state index contributed by atoms with van der Waals surface area (Å²) in [5.74, 6) is -0.116. The summed E-state index contributed by atoms with van der Waals surface area (Å²) in [6, 6.07) is 2.55. The van der Waals surface area contributed by atoms with Gasteiger partial charge in [-0.1, -0.05) is 19.3 Å². The summed E-state index contributed by atoms with van der Waals surface area (Å²) in [5.41, 5.74) is 0.102. The number of hydrogen-bond donors (Lipinski definition) is 0. The Labute approximate surface area is 188 Å². The van der Waals surface area contributed by atoms with E-state index in [0.29, 0.717) is 17.9 Å². The number of carbonyl (C=O) groups is 2. The Hall–Kier alpha value is -2.49. The number of benzene rings is 1. The van der Waals surface area contributed by atoms with Crippen LogP contribution in [0.5, 0.6) is 17.2 Å². The number of hydrogen-bond acceptors (Lipinski definition) is 8. The molecule has 0 bridgehead atoms. The predicted octanol–water partition coefficient (Wildman–Crippen LogP) is 2.22. The number of esters is 1. The van der Waals surface area contributed by atoms with Gasteiger partial charge in [0.1, 0.15) is 11.3 Å². The van der Waals surface area contributed by atoms with Crippen molar-refractivity contribution in [2.45, 2.75) is 50.6 Å². The van der Waals surface area contributed by atoms with Crippen molar-refractivity contribution in [3.05, 3.63) is 17.7 Å². The Kier molecular flexibility index (Phi) is 7.86. The van der Waals surface area contributed by atoms with E-state index >= 15 is 0 Å². The minimum atomic E-state index is -3.15. The second-order valence-electron chi connectivity index (χ2n) is 8.13. The van der Waals surface area contributed by atoms with Crippen LogP contribution in [0, 0.1) is 0 Å². The van der Waals surface area contributed by atoms with Gasteiger partial charge in [-0.15, -0.1) is 0 Å². The van der Waals surface area contributed by atoms with Crippen LogP contribution >= 0.6 is 0 Å². The molecule has 1 aliphatic carbocycles. The molecule has 2 fully saturated rings. The highest BCUT2D eigenvalue weighted by Gasteiger charge is 2.38. The summed E-state index contributed by atoms with van der Waals surface area (Å²) < 4.78 is 45.1. The highest BCUT2D eigenvalue weighted by molar-refractivity contribution is 7.91. The number of ether oxygens (including phenoxy) is 4. The molecule has 2 aliphatic rings. The Balaban J connectivity index is 1.75. The van der Waals surface area contributed by atoms with Crippen molar-refractivity contribution in [2.75, 3.05) is 39.4 Å². The molecule has 0 spiro atoms. The maximum absolute atomic E-state index is 13.1. The number of nitrogens with zero attached hydrogens (tertiary/aromatic N) is 1. The largest absolute Gasteiger partial charge is 0.496 e. The minimum absolute atomic E-state index is 0.0242. The van der Waals surface area contributed by atoms with E-state index in [1.165, 1.54) is 33.5 Å². The molecule has 32 heavy (non-hydrogen) atoms. The second kappa shape index (κ2) is 10.4. The van der Waals surface area contributed by atoms with Crippen molar-refractivity contribution >= 4 is 21.7 Å². The van der Waals surface area contributed by atoms with E-state index in [4.69, 9.17) is 18.9 Å². The maximum Gasteiger partial charge on any atom is 0.342 e. The standard InChI is InChI=1S/C22H31NO8S/c1-28-18-12-20(30-3)19(29-2)11-17(18)22(25)31-13-21(24)23(15-7-5-4-6-8-15)16-9-10-32(26,27)14-16/h11-12,15-16H,4-10,13-14H2,1-3H3. The van der Waals surface area contributed by atoms with E-state index in [1.807, 2.05) is 0 Å². The molecule has 1 heterocycles. The number of carbonyl (C=O) groups excluding carboxylic acids is 2. The van der Waals surface area contributed by atoms with Crippen molar-refractivity contribution in [3.8, 4) is 17.2 Å². The van der Waals surface area contributed by atoms with Gasteiger partial charge in [-0.3, -0.25) is 4.79 Å². The van der Waals surface area contributed by atoms with Crippen LogP contribution in [0.4, 0.5) is 0 Å². The number of rotatable bonds is 8. The molecule has 1 saturated carbocycles. The Morgan fingerprint density at radius 2 is 1.53 bits per heavy atom. The zero-order valence-corrected chi connectivity index (χ0v) is 19.6. The third kappa shape index (κ3) is 5.46. The van der Waals surface area contributed by atoms with Crippen LogP contribution in [0.2, 0.25) is 0 Å². The molecule has 1 atom stereocenters. The lowest BCUT2D eigenvalue weighted by atomic mass is 9.93. The van der Waals surface area contributed by atoms with Crippen molar-refractivity contribution in [1.29, 1.82) is 0 Å². The summed E-state index contributed by atoms with van der Waals surface area (Å²) in [6.07, 6.45) is 5.18. The minimum Gasteiger partial charge on any atom is -0.496 e. The molecule has 1 amide bonds. The van der Waals surface area contributed by atoms with E-state index < -0.39 is 22.4 Å². The lowest BCUT2D eigenvalue weighted by molar-refractivity contribution is -0.140. The normalized spacial score (nSPS) is 20.4. The van der Waals surface area contributed by atoms with Crippen molar-refractivity contribution in [3.63, 3.8) is 0 Å². The molecule has 0 aromatic heterocycles. The van der Waals surface area contributed by atoms with E-state index in [9.17, 15) is 18.0 Å². The highest BCUT2D eigenvalue weighted by atomic mass is 32.2. The van der Waals surface area contributed by atoms with Gasteiger partial charge in [-0.25, -0.2) is 13.2 Å². The van der Waals surface area contributed by atoms with Gasteiger partial charge in [0.05, 0.1) is 32.8 Å². The Morgan fingerprint density at radius 1 is 0.906 bits per heavy atom. The topological polar surface area (TPSA) is 108 Å². The SMILES string of the molecule is COc1cc(OC)c(C(=O)OCC(=O)N(C2CCCCC2)C2CCS(=O)(=O)C2)cc1OC. The van der Waals surface area contributed by atoms with Crippen LogP contribution in [-0.4, -0.2) is 76.7 Å². The molecule has 3 rings (SSSR count). The lowest BCUT2D eigenvalue weighted by Gasteiger charge is -2.38. The lowest BCUT2D eigenvalue weighted by Crippen LogP contribution is -2.50. The molecule has 10 heteroatoms. The number of sulfone groups is 1. The first-order valence-electron chi connectivity index (χ1n) is 10.8. The molecule has 178 valence electrons. The van der Waals surface area contributed by atoms with Crippen molar-refractivity contribution < 1.29 is 37.0 Å². The third-order valence-corrected chi connectivity index (χ3v) is 7.86. The molecule has 9 nitrogen and oxygen atoms in total. The first-order chi connectivity index (χ1) is 15.3. The van der Waals surface area contributed by atoms with Crippen LogP contribution in [-0.2, 0) is 19.4 Å². The van der Waals surface area contributed by atoms with Crippen LogP contribution in [0.15, 0.2) is 12.1 Å². The van der Waals surface area contributed by atoms with E-state index in [1.54, 1.807) is 4.90 Å². The van der Waals surface area contributed by atoms with E-state index in [-0.39, 0.29) is 40.8 Å². The number of amides is 1. The molecular weight excluding hydrogens is 438 g/mol. The van der Waals surface area contributed by atoms with E-state index in [2.05, 4.69) is 0 Å². The second-order valence-corrected chi connectivity index (χ2v) is 10.4. The van der Waals surface area contributed by atoms with Crippen molar-refractivity contribution in [1.82, 2.24) is 4.90 Å². The first-order valence-corrected chi connectivity index (χ1v) is 12.6. The van der Waals surface area contributed by atoms with Crippen LogP contribution in [0.3, 0.4) is 0 Å². The van der Waals surface area contributed by atoms with Crippen LogP contribution in [0.25, 0.3) is 0 Å². The molecular formula is C22H31NO8S. The molecule has 1 aliphatic heterocycles. The van der Waals surface area contributed by atoms with Crippen LogP contribution in [0.1, 0.15) is 48.9 Å². The fourth-order valence-electron chi connectivity index (χ4n) is 4.53. The fourth-order valence-corrected chi connectivity index (χ4v) is 6.24. The smallest absolute Gasteiger partial charge is 0.342 e. The summed E-state index contributed by atoms with van der Waals surface area (Å²) in [4.78, 5) is 27.6. The van der Waals surface area contributed by atoms with Gasteiger partial charge >= 0.3 is 5.97 Å². The average molecular weight is 470 g/mol.